The molecular weight excluding hydrogens is 262 g/mol. The van der Waals surface area contributed by atoms with Crippen molar-refractivity contribution in [2.24, 2.45) is 0 Å². The highest BCUT2D eigenvalue weighted by Gasteiger charge is 2.02. The summed E-state index contributed by atoms with van der Waals surface area (Å²) in [5.41, 5.74) is 3.31. The normalized spacial score (nSPS) is 10.5. The van der Waals surface area contributed by atoms with E-state index in [2.05, 4.69) is 40.3 Å². The summed E-state index contributed by atoms with van der Waals surface area (Å²) >= 11 is 0. The van der Waals surface area contributed by atoms with Gasteiger partial charge in [0.05, 0.1) is 11.7 Å². The van der Waals surface area contributed by atoms with Crippen LogP contribution in [0.1, 0.15) is 5.56 Å². The third kappa shape index (κ3) is 3.05. The second-order valence-corrected chi connectivity index (χ2v) is 4.73. The fraction of sp³-hybridized carbons (Fsp3) is 0.118. The Bertz CT molecular complexity index is 731. The van der Waals surface area contributed by atoms with Crippen molar-refractivity contribution in [1.29, 1.82) is 0 Å². The van der Waals surface area contributed by atoms with E-state index < -0.39 is 0 Å². The van der Waals surface area contributed by atoms with Gasteiger partial charge in [-0.2, -0.15) is 5.10 Å². The lowest BCUT2D eigenvalue weighted by Gasteiger charge is -2.09. The summed E-state index contributed by atoms with van der Waals surface area (Å²) in [6.07, 6.45) is 3.57. The Morgan fingerprint density at radius 3 is 2.86 bits per heavy atom. The van der Waals surface area contributed by atoms with E-state index in [0.717, 1.165) is 28.9 Å². The van der Waals surface area contributed by atoms with Crippen LogP contribution in [0.5, 0.6) is 5.75 Å². The molecule has 21 heavy (non-hydrogen) atoms. The molecule has 0 amide bonds. The van der Waals surface area contributed by atoms with Gasteiger partial charge >= 0.3 is 0 Å². The molecule has 3 aromatic rings. The van der Waals surface area contributed by atoms with Crippen LogP contribution in [0, 0.1) is 0 Å². The number of ether oxygens (including phenoxy) is 1. The maximum absolute atomic E-state index is 5.47. The average Bonchev–Trinajstić information content (AvgIpc) is 3.01. The minimum Gasteiger partial charge on any atom is -0.490 e. The summed E-state index contributed by atoms with van der Waals surface area (Å²) in [7, 11) is 0. The Kier molecular flexibility index (Phi) is 3.87. The van der Waals surface area contributed by atoms with Crippen molar-refractivity contribution < 1.29 is 4.74 Å². The summed E-state index contributed by atoms with van der Waals surface area (Å²) in [4.78, 5) is 0. The van der Waals surface area contributed by atoms with E-state index in [4.69, 9.17) is 4.74 Å². The molecule has 4 heteroatoms. The molecule has 0 saturated carbocycles. The predicted molar refractivity (Wildman–Crippen MR) is 85.6 cm³/mol. The molecular formula is C17H17N3O. The van der Waals surface area contributed by atoms with Crippen LogP contribution < -0.4 is 10.1 Å². The van der Waals surface area contributed by atoms with Gasteiger partial charge in [-0.1, -0.05) is 30.9 Å². The van der Waals surface area contributed by atoms with Crippen LogP contribution in [0.25, 0.3) is 10.9 Å². The van der Waals surface area contributed by atoms with Gasteiger partial charge in [-0.05, 0) is 29.8 Å². The first kappa shape index (κ1) is 13.2. The van der Waals surface area contributed by atoms with Gasteiger partial charge in [-0.3, -0.25) is 5.10 Å². The van der Waals surface area contributed by atoms with E-state index >= 15 is 0 Å². The standard InChI is InChI=1S/C17H17N3O/c1-2-10-21-14-8-6-13(7-9-14)11-18-16-4-3-5-17-15(16)12-19-20-17/h2-9,12,18H,1,10-11H2,(H,19,20). The van der Waals surface area contributed by atoms with E-state index in [1.165, 1.54) is 5.56 Å². The molecule has 0 radical (unpaired) electrons. The molecule has 4 nitrogen and oxygen atoms in total. The Hall–Kier alpha value is -2.75. The number of aromatic amines is 1. The van der Waals surface area contributed by atoms with Gasteiger partial charge in [-0.25, -0.2) is 0 Å². The molecule has 0 fully saturated rings. The third-order valence-electron chi connectivity index (χ3n) is 3.26. The van der Waals surface area contributed by atoms with E-state index in [1.54, 1.807) is 6.08 Å². The Balaban J connectivity index is 1.67. The molecule has 0 spiro atoms. The highest BCUT2D eigenvalue weighted by atomic mass is 16.5. The lowest BCUT2D eigenvalue weighted by atomic mass is 10.2. The van der Waals surface area contributed by atoms with Crippen LogP contribution in [0.15, 0.2) is 61.3 Å². The fourth-order valence-corrected chi connectivity index (χ4v) is 2.18. The molecule has 0 atom stereocenters. The zero-order valence-electron chi connectivity index (χ0n) is 11.7. The topological polar surface area (TPSA) is 49.9 Å². The molecule has 0 aliphatic heterocycles. The van der Waals surface area contributed by atoms with E-state index in [9.17, 15) is 0 Å². The first-order valence-electron chi connectivity index (χ1n) is 6.85. The zero-order chi connectivity index (χ0) is 14.5. The first-order valence-corrected chi connectivity index (χ1v) is 6.85. The Morgan fingerprint density at radius 1 is 1.19 bits per heavy atom. The Labute approximate surface area is 123 Å². The summed E-state index contributed by atoms with van der Waals surface area (Å²) in [6.45, 7) is 4.92. The maximum Gasteiger partial charge on any atom is 0.119 e. The number of rotatable bonds is 6. The molecule has 2 aromatic carbocycles. The second-order valence-electron chi connectivity index (χ2n) is 4.73. The van der Waals surface area contributed by atoms with Crippen molar-refractivity contribution >= 4 is 16.6 Å². The summed E-state index contributed by atoms with van der Waals surface area (Å²) in [5, 5.41) is 11.6. The van der Waals surface area contributed by atoms with Crippen molar-refractivity contribution in [3.05, 3.63) is 66.9 Å². The van der Waals surface area contributed by atoms with Crippen molar-refractivity contribution in [1.82, 2.24) is 10.2 Å². The van der Waals surface area contributed by atoms with Crippen LogP contribution >= 0.6 is 0 Å². The number of hydrogen-bond acceptors (Lipinski definition) is 3. The summed E-state index contributed by atoms with van der Waals surface area (Å²) < 4.78 is 5.47. The number of hydrogen-bond donors (Lipinski definition) is 2. The minimum atomic E-state index is 0.528. The number of anilines is 1. The van der Waals surface area contributed by atoms with Gasteiger partial charge in [0.25, 0.3) is 0 Å². The third-order valence-corrected chi connectivity index (χ3v) is 3.26. The lowest BCUT2D eigenvalue weighted by Crippen LogP contribution is -2.00. The molecule has 0 aliphatic carbocycles. The smallest absolute Gasteiger partial charge is 0.119 e. The molecule has 2 N–H and O–H groups in total. The number of fused-ring (bicyclic) bond motifs is 1. The Morgan fingerprint density at radius 2 is 2.05 bits per heavy atom. The largest absolute Gasteiger partial charge is 0.490 e. The van der Waals surface area contributed by atoms with Crippen molar-refractivity contribution in [3.8, 4) is 5.75 Å². The molecule has 106 valence electrons. The van der Waals surface area contributed by atoms with Gasteiger partial charge < -0.3 is 10.1 Å². The monoisotopic (exact) mass is 279 g/mol. The van der Waals surface area contributed by atoms with E-state index in [-0.39, 0.29) is 0 Å². The van der Waals surface area contributed by atoms with Crippen molar-refractivity contribution in [2.45, 2.75) is 6.54 Å². The van der Waals surface area contributed by atoms with Gasteiger partial charge in [0.15, 0.2) is 0 Å². The maximum atomic E-state index is 5.47. The second kappa shape index (κ2) is 6.13. The van der Waals surface area contributed by atoms with Crippen LogP contribution in [-0.4, -0.2) is 16.8 Å². The first-order chi connectivity index (χ1) is 10.4. The minimum absolute atomic E-state index is 0.528. The lowest BCUT2D eigenvalue weighted by molar-refractivity contribution is 0.363. The van der Waals surface area contributed by atoms with Crippen LogP contribution in [0.3, 0.4) is 0 Å². The number of H-pyrrole nitrogens is 1. The van der Waals surface area contributed by atoms with Crippen molar-refractivity contribution in [3.63, 3.8) is 0 Å². The molecule has 0 saturated heterocycles. The van der Waals surface area contributed by atoms with Gasteiger partial charge in [-0.15, -0.1) is 0 Å². The molecule has 3 rings (SSSR count). The fourth-order valence-electron chi connectivity index (χ4n) is 2.18. The van der Waals surface area contributed by atoms with E-state index in [1.807, 2.05) is 30.5 Å². The van der Waals surface area contributed by atoms with Crippen LogP contribution in [0.2, 0.25) is 0 Å². The molecule has 1 aromatic heterocycles. The molecule has 1 heterocycles. The molecule has 0 bridgehead atoms. The quantitative estimate of drug-likeness (QED) is 0.676. The number of nitrogens with zero attached hydrogens (tertiary/aromatic N) is 1. The highest BCUT2D eigenvalue weighted by Crippen LogP contribution is 2.22. The van der Waals surface area contributed by atoms with Gasteiger partial charge in [0.1, 0.15) is 12.4 Å². The molecule has 0 aliphatic rings. The van der Waals surface area contributed by atoms with Crippen molar-refractivity contribution in [2.75, 3.05) is 11.9 Å². The van der Waals surface area contributed by atoms with Crippen LogP contribution in [-0.2, 0) is 6.54 Å². The SMILES string of the molecule is C=CCOc1ccc(CNc2cccc3[nH]ncc23)cc1. The van der Waals surface area contributed by atoms with Gasteiger partial charge in [0.2, 0.25) is 0 Å². The van der Waals surface area contributed by atoms with Gasteiger partial charge in [0, 0.05) is 17.6 Å². The number of nitrogens with one attached hydrogen (secondary N) is 2. The average molecular weight is 279 g/mol. The number of benzene rings is 2. The zero-order valence-corrected chi connectivity index (χ0v) is 11.7. The van der Waals surface area contributed by atoms with Crippen LogP contribution in [0.4, 0.5) is 5.69 Å². The highest BCUT2D eigenvalue weighted by molar-refractivity contribution is 5.90. The summed E-state index contributed by atoms with van der Waals surface area (Å²) in [5.74, 6) is 0.857. The molecule has 0 unspecified atom stereocenters. The predicted octanol–water partition coefficient (Wildman–Crippen LogP) is 3.74. The number of aromatic nitrogens is 2. The van der Waals surface area contributed by atoms with E-state index in [0.29, 0.717) is 6.61 Å². The summed E-state index contributed by atoms with van der Waals surface area (Å²) in [6, 6.07) is 14.1.